The number of hydrogen-bond donors (Lipinski definition) is 1. The van der Waals surface area contributed by atoms with Crippen LogP contribution in [-0.4, -0.2) is 7.11 Å². The number of hydrogen-bond acceptors (Lipinski definition) is 2. The molecule has 0 aliphatic heterocycles. The van der Waals surface area contributed by atoms with Gasteiger partial charge in [0, 0.05) is 11.4 Å². The van der Waals surface area contributed by atoms with Crippen LogP contribution < -0.4 is 10.1 Å². The van der Waals surface area contributed by atoms with Crippen LogP contribution in [0.3, 0.4) is 0 Å². The Morgan fingerprint density at radius 1 is 0.714 bits per heavy atom. The molecule has 3 rings (SSSR count). The summed E-state index contributed by atoms with van der Waals surface area (Å²) < 4.78 is 5.26. The molecule has 0 amide bonds. The highest BCUT2D eigenvalue weighted by Gasteiger charge is 2.01. The first kappa shape index (κ1) is 13.5. The van der Waals surface area contributed by atoms with E-state index in [1.807, 2.05) is 6.07 Å². The van der Waals surface area contributed by atoms with Gasteiger partial charge >= 0.3 is 0 Å². The summed E-state index contributed by atoms with van der Waals surface area (Å²) >= 11 is 0. The lowest BCUT2D eigenvalue weighted by atomic mass is 10.1. The molecular weight excluding hydrogens is 258 g/mol. The summed E-state index contributed by atoms with van der Waals surface area (Å²) in [4.78, 5) is 0. The number of fused-ring (bicyclic) bond motifs is 1. The molecule has 2 nitrogen and oxygen atoms in total. The fourth-order valence-corrected chi connectivity index (χ4v) is 2.41. The molecule has 0 aromatic heterocycles. The first-order valence-corrected chi connectivity index (χ1v) is 7.08. The van der Waals surface area contributed by atoms with Gasteiger partial charge in [-0.1, -0.05) is 18.2 Å². The van der Waals surface area contributed by atoms with Crippen molar-refractivity contribution < 1.29 is 4.74 Å². The zero-order valence-electron chi connectivity index (χ0n) is 12.6. The maximum atomic E-state index is 5.26. The van der Waals surface area contributed by atoms with Gasteiger partial charge < -0.3 is 10.1 Å². The molecule has 2 heteroatoms. The molecule has 0 saturated heterocycles. The fourth-order valence-electron chi connectivity index (χ4n) is 2.41. The van der Waals surface area contributed by atoms with Gasteiger partial charge in [-0.05, 0) is 72.1 Å². The topological polar surface area (TPSA) is 21.3 Å². The molecule has 0 heterocycles. The van der Waals surface area contributed by atoms with Gasteiger partial charge in [0.25, 0.3) is 0 Å². The minimum atomic E-state index is 0.886. The van der Waals surface area contributed by atoms with Crippen molar-refractivity contribution in [2.75, 3.05) is 12.4 Å². The summed E-state index contributed by atoms with van der Waals surface area (Å²) in [7, 11) is 1.69. The molecule has 0 radical (unpaired) electrons. The standard InChI is InChI=1S/C19H19NO/c1-13-4-7-17(10-14(13)2)20-18-8-5-16-12-19(21-3)9-6-15(16)11-18/h4-12,20H,1-3H3. The fraction of sp³-hybridized carbons (Fsp3) is 0.158. The lowest BCUT2D eigenvalue weighted by Crippen LogP contribution is -1.92. The maximum Gasteiger partial charge on any atom is 0.119 e. The van der Waals surface area contributed by atoms with Crippen molar-refractivity contribution in [1.82, 2.24) is 0 Å². The van der Waals surface area contributed by atoms with E-state index in [0.717, 1.165) is 17.1 Å². The molecule has 0 unspecified atom stereocenters. The summed E-state index contributed by atoms with van der Waals surface area (Å²) in [6.07, 6.45) is 0. The second-order valence-electron chi connectivity index (χ2n) is 5.35. The van der Waals surface area contributed by atoms with E-state index in [2.05, 4.69) is 67.7 Å². The van der Waals surface area contributed by atoms with E-state index >= 15 is 0 Å². The molecule has 0 aliphatic rings. The van der Waals surface area contributed by atoms with E-state index in [-0.39, 0.29) is 0 Å². The maximum absolute atomic E-state index is 5.26. The highest BCUT2D eigenvalue weighted by atomic mass is 16.5. The second kappa shape index (κ2) is 5.49. The molecular formula is C19H19NO. The minimum absolute atomic E-state index is 0.886. The average Bonchev–Trinajstić information content (AvgIpc) is 2.50. The highest BCUT2D eigenvalue weighted by molar-refractivity contribution is 5.87. The Labute approximate surface area is 125 Å². The summed E-state index contributed by atoms with van der Waals surface area (Å²) in [5.41, 5.74) is 4.82. The van der Waals surface area contributed by atoms with E-state index in [4.69, 9.17) is 4.74 Å². The Kier molecular flexibility index (Phi) is 3.53. The Morgan fingerprint density at radius 2 is 1.38 bits per heavy atom. The molecule has 0 fully saturated rings. The number of rotatable bonds is 3. The molecule has 106 valence electrons. The van der Waals surface area contributed by atoms with Gasteiger partial charge in [0.2, 0.25) is 0 Å². The average molecular weight is 277 g/mol. The van der Waals surface area contributed by atoms with E-state index in [1.165, 1.54) is 21.9 Å². The quantitative estimate of drug-likeness (QED) is 0.709. The second-order valence-corrected chi connectivity index (χ2v) is 5.35. The predicted molar refractivity (Wildman–Crippen MR) is 89.7 cm³/mol. The number of nitrogens with one attached hydrogen (secondary N) is 1. The number of aryl methyl sites for hydroxylation is 2. The Hall–Kier alpha value is -2.48. The molecule has 3 aromatic rings. The van der Waals surface area contributed by atoms with Crippen molar-refractivity contribution in [1.29, 1.82) is 0 Å². The molecule has 0 aliphatic carbocycles. The van der Waals surface area contributed by atoms with Gasteiger partial charge in [-0.25, -0.2) is 0 Å². The van der Waals surface area contributed by atoms with Gasteiger partial charge in [-0.3, -0.25) is 0 Å². The number of methoxy groups -OCH3 is 1. The minimum Gasteiger partial charge on any atom is -0.497 e. The first-order valence-electron chi connectivity index (χ1n) is 7.08. The molecule has 0 saturated carbocycles. The summed E-state index contributed by atoms with van der Waals surface area (Å²) in [5.74, 6) is 0.886. The smallest absolute Gasteiger partial charge is 0.119 e. The molecule has 1 N–H and O–H groups in total. The normalized spacial score (nSPS) is 10.6. The van der Waals surface area contributed by atoms with Gasteiger partial charge in [0.1, 0.15) is 5.75 Å². The number of ether oxygens (including phenoxy) is 1. The first-order chi connectivity index (χ1) is 10.2. The van der Waals surface area contributed by atoms with Crippen molar-refractivity contribution in [3.63, 3.8) is 0 Å². The third kappa shape index (κ3) is 2.84. The molecule has 0 atom stereocenters. The number of benzene rings is 3. The zero-order chi connectivity index (χ0) is 14.8. The van der Waals surface area contributed by atoms with Crippen molar-refractivity contribution >= 4 is 22.1 Å². The monoisotopic (exact) mass is 277 g/mol. The lowest BCUT2D eigenvalue weighted by molar-refractivity contribution is 0.415. The summed E-state index contributed by atoms with van der Waals surface area (Å²) in [6, 6.07) is 18.9. The van der Waals surface area contributed by atoms with Crippen LogP contribution >= 0.6 is 0 Å². The van der Waals surface area contributed by atoms with E-state index in [1.54, 1.807) is 7.11 Å². The van der Waals surface area contributed by atoms with E-state index in [9.17, 15) is 0 Å². The van der Waals surface area contributed by atoms with E-state index < -0.39 is 0 Å². The van der Waals surface area contributed by atoms with Gasteiger partial charge in [-0.2, -0.15) is 0 Å². The van der Waals surface area contributed by atoms with E-state index in [0.29, 0.717) is 0 Å². The SMILES string of the molecule is COc1ccc2cc(Nc3ccc(C)c(C)c3)ccc2c1. The lowest BCUT2D eigenvalue weighted by Gasteiger charge is -2.10. The zero-order valence-corrected chi connectivity index (χ0v) is 12.6. The van der Waals surface area contributed by atoms with Crippen LogP contribution in [0.1, 0.15) is 11.1 Å². The Bertz CT molecular complexity index is 793. The van der Waals surface area contributed by atoms with Crippen LogP contribution in [0.4, 0.5) is 11.4 Å². The van der Waals surface area contributed by atoms with Crippen LogP contribution in [0.15, 0.2) is 54.6 Å². The summed E-state index contributed by atoms with van der Waals surface area (Å²) in [5, 5.41) is 5.84. The van der Waals surface area contributed by atoms with Crippen LogP contribution in [0.5, 0.6) is 5.75 Å². The summed E-state index contributed by atoms with van der Waals surface area (Å²) in [6.45, 7) is 4.26. The molecule has 0 bridgehead atoms. The highest BCUT2D eigenvalue weighted by Crippen LogP contribution is 2.26. The predicted octanol–water partition coefficient (Wildman–Crippen LogP) is 5.21. The van der Waals surface area contributed by atoms with Crippen LogP contribution in [0, 0.1) is 13.8 Å². The van der Waals surface area contributed by atoms with Crippen molar-refractivity contribution in [2.45, 2.75) is 13.8 Å². The Morgan fingerprint density at radius 3 is 2.14 bits per heavy atom. The molecule has 0 spiro atoms. The largest absolute Gasteiger partial charge is 0.497 e. The van der Waals surface area contributed by atoms with Crippen LogP contribution in [0.25, 0.3) is 10.8 Å². The number of anilines is 2. The van der Waals surface area contributed by atoms with Gasteiger partial charge in [-0.15, -0.1) is 0 Å². The van der Waals surface area contributed by atoms with Gasteiger partial charge in [0.15, 0.2) is 0 Å². The van der Waals surface area contributed by atoms with Crippen LogP contribution in [-0.2, 0) is 0 Å². The molecule has 21 heavy (non-hydrogen) atoms. The third-order valence-electron chi connectivity index (χ3n) is 3.84. The van der Waals surface area contributed by atoms with Crippen LogP contribution in [0.2, 0.25) is 0 Å². The van der Waals surface area contributed by atoms with Crippen molar-refractivity contribution in [3.8, 4) is 5.75 Å². The van der Waals surface area contributed by atoms with Crippen molar-refractivity contribution in [2.24, 2.45) is 0 Å². The third-order valence-corrected chi connectivity index (χ3v) is 3.84. The Balaban J connectivity index is 1.92. The van der Waals surface area contributed by atoms with Gasteiger partial charge in [0.05, 0.1) is 7.11 Å². The van der Waals surface area contributed by atoms with Crippen molar-refractivity contribution in [3.05, 3.63) is 65.7 Å². The molecule has 3 aromatic carbocycles.